The molecule has 37 heavy (non-hydrogen) atoms. The predicted molar refractivity (Wildman–Crippen MR) is 143 cm³/mol. The van der Waals surface area contributed by atoms with Crippen LogP contribution in [-0.2, 0) is 14.3 Å². The van der Waals surface area contributed by atoms with Crippen LogP contribution in [0.25, 0.3) is 0 Å². The van der Waals surface area contributed by atoms with E-state index in [1.807, 2.05) is 73.7 Å². The summed E-state index contributed by atoms with van der Waals surface area (Å²) in [6, 6.07) is 26.8. The van der Waals surface area contributed by atoms with Crippen LogP contribution >= 0.6 is 11.6 Å². The highest BCUT2D eigenvalue weighted by Gasteiger charge is 2.41. The number of Topliss-reactive ketones (excluding diaryl/α,β-unsaturated/α-hetero) is 1. The van der Waals surface area contributed by atoms with E-state index in [4.69, 9.17) is 21.1 Å². The van der Waals surface area contributed by atoms with Crippen molar-refractivity contribution in [1.29, 1.82) is 0 Å². The van der Waals surface area contributed by atoms with Gasteiger partial charge in [-0.3, -0.25) is 4.79 Å². The highest BCUT2D eigenvalue weighted by atomic mass is 35.5. The minimum Gasteiger partial charge on any atom is -0.490 e. The molecular formula is C31H28ClNO4. The number of hydrogen-bond donors (Lipinski definition) is 1. The molecule has 1 heterocycles. The van der Waals surface area contributed by atoms with Crippen molar-refractivity contribution < 1.29 is 19.1 Å². The smallest absolute Gasteiger partial charge is 0.336 e. The van der Waals surface area contributed by atoms with E-state index in [1.165, 1.54) is 0 Å². The molecule has 0 saturated heterocycles. The van der Waals surface area contributed by atoms with Crippen LogP contribution in [0.5, 0.6) is 5.75 Å². The number of dihydropyridines is 1. The van der Waals surface area contributed by atoms with Gasteiger partial charge in [-0.25, -0.2) is 4.79 Å². The standard InChI is InChI=1S/C31H28ClNO4/c1-20-28(31(35)37-16-15-36-25-13-6-3-7-14-25)29(22-11-8-12-24(32)17-22)30-26(33-20)18-23(19-27(30)34)21-9-4-2-5-10-21/h2-14,17,23,29,33H,15-16,18-19H2,1H3/t23-,29-/m0/s1. The number of rotatable bonds is 7. The second-order valence-corrected chi connectivity index (χ2v) is 9.72. The van der Waals surface area contributed by atoms with Crippen LogP contribution < -0.4 is 10.1 Å². The van der Waals surface area contributed by atoms with Crippen LogP contribution in [0, 0.1) is 0 Å². The maximum atomic E-state index is 13.6. The summed E-state index contributed by atoms with van der Waals surface area (Å²) < 4.78 is 11.3. The zero-order valence-electron chi connectivity index (χ0n) is 20.6. The molecule has 0 spiro atoms. The normalized spacial score (nSPS) is 19.2. The number of halogens is 1. The fraction of sp³-hybridized carbons (Fsp3) is 0.226. The first-order valence-corrected chi connectivity index (χ1v) is 12.8. The van der Waals surface area contributed by atoms with Crippen molar-refractivity contribution in [2.45, 2.75) is 31.6 Å². The lowest BCUT2D eigenvalue weighted by atomic mass is 9.72. The van der Waals surface area contributed by atoms with E-state index in [-0.39, 0.29) is 24.9 Å². The molecule has 1 N–H and O–H groups in total. The van der Waals surface area contributed by atoms with Crippen LogP contribution in [0.4, 0.5) is 0 Å². The first-order valence-electron chi connectivity index (χ1n) is 12.4. The number of esters is 1. The van der Waals surface area contributed by atoms with Crippen molar-refractivity contribution in [3.05, 3.63) is 124 Å². The topological polar surface area (TPSA) is 64.6 Å². The molecule has 6 heteroatoms. The third-order valence-electron chi connectivity index (χ3n) is 6.83. The summed E-state index contributed by atoms with van der Waals surface area (Å²) >= 11 is 6.34. The summed E-state index contributed by atoms with van der Waals surface area (Å²) in [7, 11) is 0. The number of benzene rings is 3. The number of ketones is 1. The van der Waals surface area contributed by atoms with E-state index >= 15 is 0 Å². The Morgan fingerprint density at radius 2 is 1.62 bits per heavy atom. The summed E-state index contributed by atoms with van der Waals surface area (Å²) in [5, 5.41) is 3.93. The van der Waals surface area contributed by atoms with E-state index in [0.717, 1.165) is 16.8 Å². The molecule has 3 aromatic rings. The maximum absolute atomic E-state index is 13.6. The third kappa shape index (κ3) is 5.47. The van der Waals surface area contributed by atoms with Gasteiger partial charge < -0.3 is 14.8 Å². The van der Waals surface area contributed by atoms with Gasteiger partial charge in [0.25, 0.3) is 0 Å². The summed E-state index contributed by atoms with van der Waals surface area (Å²) in [5.74, 6) is -0.215. The molecule has 2 aliphatic rings. The Morgan fingerprint density at radius 1 is 0.919 bits per heavy atom. The van der Waals surface area contributed by atoms with Crippen molar-refractivity contribution in [2.75, 3.05) is 13.2 Å². The Bertz CT molecular complexity index is 1360. The Balaban J connectivity index is 1.42. The van der Waals surface area contributed by atoms with Gasteiger partial charge in [0, 0.05) is 34.3 Å². The Morgan fingerprint density at radius 3 is 2.35 bits per heavy atom. The molecule has 1 aliphatic carbocycles. The van der Waals surface area contributed by atoms with E-state index in [0.29, 0.717) is 40.5 Å². The molecule has 0 fully saturated rings. The number of hydrogen-bond acceptors (Lipinski definition) is 5. The molecule has 0 amide bonds. The van der Waals surface area contributed by atoms with E-state index < -0.39 is 11.9 Å². The fourth-order valence-corrected chi connectivity index (χ4v) is 5.38. The summed E-state index contributed by atoms with van der Waals surface area (Å²) in [6.45, 7) is 2.17. The molecule has 0 saturated carbocycles. The quantitative estimate of drug-likeness (QED) is 0.295. The third-order valence-corrected chi connectivity index (χ3v) is 7.06. The van der Waals surface area contributed by atoms with Gasteiger partial charge in [-0.15, -0.1) is 0 Å². The van der Waals surface area contributed by atoms with E-state index in [9.17, 15) is 9.59 Å². The maximum Gasteiger partial charge on any atom is 0.336 e. The second-order valence-electron chi connectivity index (χ2n) is 9.28. The highest BCUT2D eigenvalue weighted by molar-refractivity contribution is 6.30. The molecule has 0 radical (unpaired) electrons. The molecule has 1 aliphatic heterocycles. The zero-order chi connectivity index (χ0) is 25.8. The lowest BCUT2D eigenvalue weighted by Gasteiger charge is -2.36. The minimum atomic E-state index is -0.554. The summed E-state index contributed by atoms with van der Waals surface area (Å²) in [5.41, 5.74) is 4.50. The number of carbonyl (C=O) groups is 2. The Labute approximate surface area is 221 Å². The average Bonchev–Trinajstić information content (AvgIpc) is 2.91. The van der Waals surface area contributed by atoms with Gasteiger partial charge in [-0.05, 0) is 54.7 Å². The first-order chi connectivity index (χ1) is 18.0. The highest BCUT2D eigenvalue weighted by Crippen LogP contribution is 2.46. The molecular weight excluding hydrogens is 486 g/mol. The van der Waals surface area contributed by atoms with Crippen LogP contribution in [0.3, 0.4) is 0 Å². The average molecular weight is 514 g/mol. The van der Waals surface area contributed by atoms with Crippen molar-refractivity contribution in [3.8, 4) is 5.75 Å². The number of para-hydroxylation sites is 1. The molecule has 0 unspecified atom stereocenters. The van der Waals surface area contributed by atoms with Crippen LogP contribution in [0.15, 0.2) is 107 Å². The molecule has 2 atom stereocenters. The van der Waals surface area contributed by atoms with Gasteiger partial charge in [0.15, 0.2) is 5.78 Å². The van der Waals surface area contributed by atoms with Gasteiger partial charge in [-0.1, -0.05) is 72.3 Å². The Hall–Kier alpha value is -3.83. The Kier molecular flexibility index (Phi) is 7.42. The number of carbonyl (C=O) groups excluding carboxylic acids is 2. The van der Waals surface area contributed by atoms with Gasteiger partial charge in [-0.2, -0.15) is 0 Å². The van der Waals surface area contributed by atoms with Crippen LogP contribution in [0.1, 0.15) is 42.7 Å². The van der Waals surface area contributed by atoms with E-state index in [2.05, 4.69) is 17.4 Å². The predicted octanol–water partition coefficient (Wildman–Crippen LogP) is 6.32. The van der Waals surface area contributed by atoms with Crippen molar-refractivity contribution in [2.24, 2.45) is 0 Å². The first kappa shape index (κ1) is 24.8. The molecule has 188 valence electrons. The van der Waals surface area contributed by atoms with Crippen molar-refractivity contribution >= 4 is 23.4 Å². The molecule has 5 rings (SSSR count). The molecule has 0 bridgehead atoms. The fourth-order valence-electron chi connectivity index (χ4n) is 5.18. The lowest BCUT2D eigenvalue weighted by molar-refractivity contribution is -0.140. The molecule has 0 aromatic heterocycles. The number of allylic oxidation sites excluding steroid dienone is 3. The van der Waals surface area contributed by atoms with Crippen molar-refractivity contribution in [3.63, 3.8) is 0 Å². The monoisotopic (exact) mass is 513 g/mol. The summed E-state index contributed by atoms with van der Waals surface area (Å²) in [6.07, 6.45) is 1.07. The van der Waals surface area contributed by atoms with Crippen molar-refractivity contribution in [1.82, 2.24) is 5.32 Å². The largest absolute Gasteiger partial charge is 0.490 e. The van der Waals surface area contributed by atoms with Gasteiger partial charge >= 0.3 is 5.97 Å². The van der Waals surface area contributed by atoms with Crippen LogP contribution in [0.2, 0.25) is 5.02 Å². The van der Waals surface area contributed by atoms with Gasteiger partial charge in [0.05, 0.1) is 5.57 Å². The minimum absolute atomic E-state index is 0.0257. The second kappa shape index (κ2) is 11.1. The lowest BCUT2D eigenvalue weighted by Crippen LogP contribution is -2.36. The van der Waals surface area contributed by atoms with Gasteiger partial charge in [0.2, 0.25) is 0 Å². The van der Waals surface area contributed by atoms with Crippen LogP contribution in [-0.4, -0.2) is 25.0 Å². The van der Waals surface area contributed by atoms with Gasteiger partial charge in [0.1, 0.15) is 19.0 Å². The molecule has 3 aromatic carbocycles. The zero-order valence-corrected chi connectivity index (χ0v) is 21.3. The molecule has 5 nitrogen and oxygen atoms in total. The SMILES string of the molecule is CC1=C(C(=O)OCCOc2ccccc2)[C@H](c2cccc(Cl)c2)C2=C(C[C@H](c3ccccc3)CC2=O)N1. The number of ether oxygens (including phenoxy) is 2. The number of nitrogens with one attached hydrogen (secondary N) is 1. The summed E-state index contributed by atoms with van der Waals surface area (Å²) in [4.78, 5) is 27.1. The van der Waals surface area contributed by atoms with E-state index in [1.54, 1.807) is 6.07 Å².